The van der Waals surface area contributed by atoms with Crippen molar-refractivity contribution in [2.45, 2.75) is 46.3 Å². The van der Waals surface area contributed by atoms with Gasteiger partial charge in [-0.3, -0.25) is 4.79 Å². The van der Waals surface area contributed by atoms with Crippen molar-refractivity contribution in [3.05, 3.63) is 28.7 Å². The number of hydrogen-bond donors (Lipinski definition) is 0. The molecule has 1 aromatic carbocycles. The lowest BCUT2D eigenvalue weighted by Crippen LogP contribution is -2.47. The smallest absolute Gasteiger partial charge is 0.286 e. The molecule has 1 amide bonds. The molecule has 2 unspecified atom stereocenters. The number of benzene rings is 1. The fourth-order valence-electron chi connectivity index (χ4n) is 3.32. The first-order chi connectivity index (χ1) is 13.9. The Morgan fingerprint density at radius 3 is 2.66 bits per heavy atom. The predicted octanol–water partition coefficient (Wildman–Crippen LogP) is 4.20. The summed E-state index contributed by atoms with van der Waals surface area (Å²) in [5.74, 6) is 1.76. The Bertz CT molecular complexity index is 796. The Morgan fingerprint density at radius 2 is 2.00 bits per heavy atom. The van der Waals surface area contributed by atoms with Crippen LogP contribution in [0.5, 0.6) is 11.5 Å². The molecule has 0 aliphatic carbocycles. The van der Waals surface area contributed by atoms with E-state index in [0.29, 0.717) is 28.9 Å². The topological polar surface area (TPSA) is 60.4 Å². The van der Waals surface area contributed by atoms with Gasteiger partial charge >= 0.3 is 0 Å². The zero-order valence-electron chi connectivity index (χ0n) is 17.8. The van der Waals surface area contributed by atoms with Gasteiger partial charge in [-0.25, -0.2) is 0 Å². The van der Waals surface area contributed by atoms with Crippen molar-refractivity contribution >= 4 is 28.9 Å². The number of methoxy groups -OCH3 is 1. The Labute approximate surface area is 177 Å². The quantitative estimate of drug-likeness (QED) is 0.646. The lowest BCUT2D eigenvalue weighted by atomic mass is 10.1. The van der Waals surface area contributed by atoms with Crippen molar-refractivity contribution in [2.24, 2.45) is 10.9 Å². The van der Waals surface area contributed by atoms with Crippen LogP contribution in [0.1, 0.15) is 39.7 Å². The average molecular weight is 419 g/mol. The van der Waals surface area contributed by atoms with Crippen LogP contribution in [0.2, 0.25) is 0 Å². The van der Waals surface area contributed by atoms with Gasteiger partial charge in [0.25, 0.3) is 5.91 Å². The minimum atomic E-state index is -0.201. The molecule has 158 valence electrons. The van der Waals surface area contributed by atoms with Crippen LogP contribution in [0.25, 0.3) is 6.08 Å². The number of amidine groups is 1. The van der Waals surface area contributed by atoms with Crippen LogP contribution in [-0.2, 0) is 9.53 Å². The number of hydrogen-bond acceptors (Lipinski definition) is 6. The Kier molecular flexibility index (Phi) is 7.24. The first-order valence-corrected chi connectivity index (χ1v) is 10.9. The van der Waals surface area contributed by atoms with E-state index in [9.17, 15) is 4.79 Å². The largest absolute Gasteiger partial charge is 0.493 e. The van der Waals surface area contributed by atoms with Gasteiger partial charge in [0.1, 0.15) is 0 Å². The average Bonchev–Trinajstić information content (AvgIpc) is 3.02. The highest BCUT2D eigenvalue weighted by atomic mass is 32.2. The summed E-state index contributed by atoms with van der Waals surface area (Å²) in [4.78, 5) is 19.4. The summed E-state index contributed by atoms with van der Waals surface area (Å²) in [7, 11) is 1.62. The number of nitrogens with zero attached hydrogens (tertiary/aromatic N) is 2. The molecular weight excluding hydrogens is 388 g/mol. The third-order valence-corrected chi connectivity index (χ3v) is 5.78. The van der Waals surface area contributed by atoms with Crippen LogP contribution in [0.15, 0.2) is 28.1 Å². The maximum atomic E-state index is 12.4. The van der Waals surface area contributed by atoms with E-state index in [1.807, 2.05) is 38.1 Å². The SMILES string of the molecule is COc1cc(/C=C2/SC(N3CC(C)OC(C)C3)=NC2=O)ccc1OCCC(C)C. The highest BCUT2D eigenvalue weighted by molar-refractivity contribution is 8.18. The normalized spacial score (nSPS) is 23.7. The van der Waals surface area contributed by atoms with Crippen LogP contribution in [0.3, 0.4) is 0 Å². The van der Waals surface area contributed by atoms with Crippen molar-refractivity contribution in [1.29, 1.82) is 0 Å². The second kappa shape index (κ2) is 9.67. The van der Waals surface area contributed by atoms with Gasteiger partial charge in [-0.05, 0) is 61.7 Å². The van der Waals surface area contributed by atoms with Gasteiger partial charge < -0.3 is 19.1 Å². The molecule has 0 bridgehead atoms. The Morgan fingerprint density at radius 1 is 1.28 bits per heavy atom. The molecule has 0 saturated carbocycles. The standard InChI is InChI=1S/C22H30N2O4S/c1-14(2)8-9-27-18-7-6-17(10-19(18)26-5)11-20-21(25)23-22(29-20)24-12-15(3)28-16(4)13-24/h6-7,10-11,14-16H,8-9,12-13H2,1-5H3/b20-11+. The summed E-state index contributed by atoms with van der Waals surface area (Å²) in [5.41, 5.74) is 0.883. The maximum absolute atomic E-state index is 12.4. The molecule has 0 radical (unpaired) electrons. The summed E-state index contributed by atoms with van der Waals surface area (Å²) in [6, 6.07) is 5.72. The fraction of sp³-hybridized carbons (Fsp3) is 0.545. The summed E-state index contributed by atoms with van der Waals surface area (Å²) in [6.07, 6.45) is 3.09. The first kappa shape index (κ1) is 21.7. The molecule has 2 aliphatic rings. The molecule has 1 fully saturated rings. The van der Waals surface area contributed by atoms with Crippen LogP contribution in [0, 0.1) is 5.92 Å². The Balaban J connectivity index is 1.69. The highest BCUT2D eigenvalue weighted by Crippen LogP contribution is 2.34. The van der Waals surface area contributed by atoms with Gasteiger partial charge in [-0.1, -0.05) is 19.9 Å². The summed E-state index contributed by atoms with van der Waals surface area (Å²) in [5, 5.41) is 0.754. The first-order valence-electron chi connectivity index (χ1n) is 10.1. The van der Waals surface area contributed by atoms with E-state index in [2.05, 4.69) is 23.7 Å². The Hall–Kier alpha value is -1.99. The number of ether oxygens (including phenoxy) is 3. The van der Waals surface area contributed by atoms with Gasteiger partial charge in [0.2, 0.25) is 0 Å². The van der Waals surface area contributed by atoms with Crippen LogP contribution in [-0.4, -0.2) is 55.0 Å². The zero-order valence-corrected chi connectivity index (χ0v) is 18.6. The monoisotopic (exact) mass is 418 g/mol. The third-order valence-electron chi connectivity index (χ3n) is 4.74. The number of carbonyl (C=O) groups excluding carboxylic acids is 1. The zero-order chi connectivity index (χ0) is 21.0. The highest BCUT2D eigenvalue weighted by Gasteiger charge is 2.31. The predicted molar refractivity (Wildman–Crippen MR) is 118 cm³/mol. The minimum absolute atomic E-state index is 0.123. The molecule has 2 aliphatic heterocycles. The van der Waals surface area contributed by atoms with Crippen LogP contribution in [0.4, 0.5) is 0 Å². The van der Waals surface area contributed by atoms with Gasteiger partial charge in [0.15, 0.2) is 16.7 Å². The second-order valence-electron chi connectivity index (χ2n) is 7.91. The molecule has 1 aromatic rings. The van der Waals surface area contributed by atoms with Crippen LogP contribution < -0.4 is 9.47 Å². The molecule has 0 N–H and O–H groups in total. The molecule has 29 heavy (non-hydrogen) atoms. The van der Waals surface area contributed by atoms with E-state index in [4.69, 9.17) is 14.2 Å². The number of thioether (sulfide) groups is 1. The molecular formula is C22H30N2O4S. The van der Waals surface area contributed by atoms with E-state index in [1.165, 1.54) is 11.8 Å². The number of aliphatic imine (C=N–C) groups is 1. The fourth-order valence-corrected chi connectivity index (χ4v) is 4.25. The van der Waals surface area contributed by atoms with E-state index >= 15 is 0 Å². The van der Waals surface area contributed by atoms with Crippen molar-refractivity contribution in [1.82, 2.24) is 4.90 Å². The number of carbonyl (C=O) groups is 1. The summed E-state index contributed by atoms with van der Waals surface area (Å²) < 4.78 is 17.1. The molecule has 1 saturated heterocycles. The van der Waals surface area contributed by atoms with E-state index in [1.54, 1.807) is 7.11 Å². The molecule has 0 spiro atoms. The van der Waals surface area contributed by atoms with Crippen molar-refractivity contribution in [3.8, 4) is 11.5 Å². The van der Waals surface area contributed by atoms with Gasteiger partial charge in [0.05, 0.1) is 30.8 Å². The summed E-state index contributed by atoms with van der Waals surface area (Å²) in [6.45, 7) is 10.6. The molecule has 2 heterocycles. The van der Waals surface area contributed by atoms with Gasteiger partial charge in [0, 0.05) is 13.1 Å². The van der Waals surface area contributed by atoms with Crippen LogP contribution >= 0.6 is 11.8 Å². The van der Waals surface area contributed by atoms with E-state index in [0.717, 1.165) is 30.2 Å². The lowest BCUT2D eigenvalue weighted by Gasteiger charge is -2.35. The number of morpholine rings is 1. The van der Waals surface area contributed by atoms with Crippen molar-refractivity contribution in [2.75, 3.05) is 26.8 Å². The molecule has 0 aromatic heterocycles. The van der Waals surface area contributed by atoms with Crippen molar-refractivity contribution < 1.29 is 19.0 Å². The third kappa shape index (κ3) is 5.76. The van der Waals surface area contributed by atoms with Crippen molar-refractivity contribution in [3.63, 3.8) is 0 Å². The van der Waals surface area contributed by atoms with E-state index in [-0.39, 0.29) is 18.1 Å². The molecule has 7 heteroatoms. The van der Waals surface area contributed by atoms with E-state index < -0.39 is 0 Å². The number of rotatable bonds is 6. The summed E-state index contributed by atoms with van der Waals surface area (Å²) >= 11 is 1.42. The molecule has 3 rings (SSSR count). The van der Waals surface area contributed by atoms with Gasteiger partial charge in [-0.2, -0.15) is 4.99 Å². The lowest BCUT2D eigenvalue weighted by molar-refractivity contribution is -0.113. The second-order valence-corrected chi connectivity index (χ2v) is 8.92. The van der Waals surface area contributed by atoms with Gasteiger partial charge in [-0.15, -0.1) is 0 Å². The molecule has 6 nitrogen and oxygen atoms in total. The molecule has 2 atom stereocenters. The number of amides is 1. The minimum Gasteiger partial charge on any atom is -0.493 e. The maximum Gasteiger partial charge on any atom is 0.286 e.